The Kier molecular flexibility index (Phi) is 4.10. The summed E-state index contributed by atoms with van der Waals surface area (Å²) in [5.74, 6) is 1.19. The summed E-state index contributed by atoms with van der Waals surface area (Å²) >= 11 is 0. The smallest absolute Gasteiger partial charge is 0.247 e. The minimum absolute atomic E-state index is 0.590. The first-order valence-electron chi connectivity index (χ1n) is 6.19. The van der Waals surface area contributed by atoms with Gasteiger partial charge in [0.15, 0.2) is 0 Å². The zero-order chi connectivity index (χ0) is 13.0. The monoisotopic (exact) mass is 245 g/mol. The van der Waals surface area contributed by atoms with Gasteiger partial charge in [0, 0.05) is 12.5 Å². The van der Waals surface area contributed by atoms with Crippen LogP contribution < -0.4 is 0 Å². The molecule has 1 heterocycles. The van der Waals surface area contributed by atoms with Crippen LogP contribution in [0.15, 0.2) is 28.7 Å². The van der Waals surface area contributed by atoms with E-state index in [0.717, 1.165) is 18.5 Å². The highest BCUT2D eigenvalue weighted by Crippen LogP contribution is 2.18. The number of aryl methyl sites for hydroxylation is 2. The van der Waals surface area contributed by atoms with Gasteiger partial charge >= 0.3 is 0 Å². The van der Waals surface area contributed by atoms with Crippen LogP contribution in [-0.2, 0) is 6.42 Å². The molecule has 0 unspecified atom stereocenters. The highest BCUT2D eigenvalue weighted by atomic mass is 16.4. The standard InChI is InChI=1S/C14H19N3O/c1-11-15-16-14(18-11)13-8-6-12(7-9-13)5-4-10-17(2)3/h6-9H,4-5,10H2,1-3H3. The molecule has 4 heteroatoms. The fraction of sp³-hybridized carbons (Fsp3) is 0.429. The summed E-state index contributed by atoms with van der Waals surface area (Å²) in [6, 6.07) is 8.34. The molecule has 0 aliphatic rings. The van der Waals surface area contributed by atoms with Crippen LogP contribution in [0.3, 0.4) is 0 Å². The molecule has 0 aliphatic carbocycles. The molecule has 0 fully saturated rings. The first kappa shape index (κ1) is 12.8. The number of hydrogen-bond donors (Lipinski definition) is 0. The Hall–Kier alpha value is -1.68. The van der Waals surface area contributed by atoms with E-state index >= 15 is 0 Å². The zero-order valence-electron chi connectivity index (χ0n) is 11.2. The van der Waals surface area contributed by atoms with Crippen LogP contribution in [0.25, 0.3) is 11.5 Å². The minimum atomic E-state index is 0.590. The first-order valence-corrected chi connectivity index (χ1v) is 6.19. The summed E-state index contributed by atoms with van der Waals surface area (Å²) in [5, 5.41) is 7.84. The molecule has 0 radical (unpaired) electrons. The van der Waals surface area contributed by atoms with Gasteiger partial charge in [-0.2, -0.15) is 0 Å². The van der Waals surface area contributed by atoms with E-state index in [9.17, 15) is 0 Å². The third-order valence-corrected chi connectivity index (χ3v) is 2.80. The second-order valence-electron chi connectivity index (χ2n) is 4.73. The van der Waals surface area contributed by atoms with Crippen molar-refractivity contribution < 1.29 is 4.42 Å². The van der Waals surface area contributed by atoms with Gasteiger partial charge in [0.25, 0.3) is 0 Å². The Morgan fingerprint density at radius 1 is 1.11 bits per heavy atom. The molecular weight excluding hydrogens is 226 g/mol. The normalized spacial score (nSPS) is 11.1. The van der Waals surface area contributed by atoms with Crippen LogP contribution in [0.2, 0.25) is 0 Å². The van der Waals surface area contributed by atoms with E-state index in [1.54, 1.807) is 6.92 Å². The molecule has 2 rings (SSSR count). The molecule has 0 atom stereocenters. The van der Waals surface area contributed by atoms with Crippen LogP contribution >= 0.6 is 0 Å². The van der Waals surface area contributed by atoms with Gasteiger partial charge in [-0.25, -0.2) is 0 Å². The maximum Gasteiger partial charge on any atom is 0.247 e. The van der Waals surface area contributed by atoms with Gasteiger partial charge in [-0.15, -0.1) is 10.2 Å². The second-order valence-corrected chi connectivity index (χ2v) is 4.73. The number of aromatic nitrogens is 2. The van der Waals surface area contributed by atoms with E-state index in [-0.39, 0.29) is 0 Å². The van der Waals surface area contributed by atoms with Gasteiger partial charge in [0.05, 0.1) is 0 Å². The molecule has 0 N–H and O–H groups in total. The molecule has 0 aliphatic heterocycles. The summed E-state index contributed by atoms with van der Waals surface area (Å²) in [6.07, 6.45) is 2.27. The molecule has 0 saturated carbocycles. The van der Waals surface area contributed by atoms with Crippen molar-refractivity contribution in [1.29, 1.82) is 0 Å². The summed E-state index contributed by atoms with van der Waals surface area (Å²) in [6.45, 7) is 2.91. The Bertz CT molecular complexity index is 488. The van der Waals surface area contributed by atoms with Crippen molar-refractivity contribution in [1.82, 2.24) is 15.1 Å². The number of benzene rings is 1. The summed E-state index contributed by atoms with van der Waals surface area (Å²) in [5.41, 5.74) is 2.32. The van der Waals surface area contributed by atoms with E-state index in [1.165, 1.54) is 12.0 Å². The number of nitrogens with zero attached hydrogens (tertiary/aromatic N) is 3. The summed E-state index contributed by atoms with van der Waals surface area (Å²) in [4.78, 5) is 2.20. The minimum Gasteiger partial charge on any atom is -0.421 e. The Morgan fingerprint density at radius 2 is 1.83 bits per heavy atom. The van der Waals surface area contributed by atoms with Crippen molar-refractivity contribution in [3.05, 3.63) is 35.7 Å². The van der Waals surface area contributed by atoms with Gasteiger partial charge < -0.3 is 9.32 Å². The molecule has 0 bridgehead atoms. The van der Waals surface area contributed by atoms with Crippen LogP contribution in [0.5, 0.6) is 0 Å². The molecule has 1 aromatic heterocycles. The quantitative estimate of drug-likeness (QED) is 0.811. The second kappa shape index (κ2) is 5.78. The van der Waals surface area contributed by atoms with Crippen LogP contribution in [0.1, 0.15) is 17.9 Å². The third kappa shape index (κ3) is 3.40. The lowest BCUT2D eigenvalue weighted by atomic mass is 10.1. The molecule has 0 saturated heterocycles. The van der Waals surface area contributed by atoms with Crippen LogP contribution in [0.4, 0.5) is 0 Å². The summed E-state index contributed by atoms with van der Waals surface area (Å²) in [7, 11) is 4.20. The van der Waals surface area contributed by atoms with Crippen LogP contribution in [-0.4, -0.2) is 35.7 Å². The Morgan fingerprint density at radius 3 is 2.39 bits per heavy atom. The van der Waals surface area contributed by atoms with E-state index in [0.29, 0.717) is 11.8 Å². The van der Waals surface area contributed by atoms with Crippen molar-refractivity contribution >= 4 is 0 Å². The Balaban J connectivity index is 1.97. The van der Waals surface area contributed by atoms with E-state index in [2.05, 4.69) is 41.3 Å². The first-order chi connectivity index (χ1) is 8.65. The van der Waals surface area contributed by atoms with E-state index in [4.69, 9.17) is 4.42 Å². The fourth-order valence-corrected chi connectivity index (χ4v) is 1.83. The lowest BCUT2D eigenvalue weighted by molar-refractivity contribution is 0.400. The number of hydrogen-bond acceptors (Lipinski definition) is 4. The van der Waals surface area contributed by atoms with Crippen molar-refractivity contribution in [2.75, 3.05) is 20.6 Å². The predicted octanol–water partition coefficient (Wildman–Crippen LogP) is 2.54. The summed E-state index contributed by atoms with van der Waals surface area (Å²) < 4.78 is 5.39. The van der Waals surface area contributed by atoms with Crippen LogP contribution in [0, 0.1) is 6.92 Å². The average Bonchev–Trinajstić information content (AvgIpc) is 2.76. The molecule has 0 spiro atoms. The van der Waals surface area contributed by atoms with Gasteiger partial charge in [0.1, 0.15) is 0 Å². The Labute approximate surface area is 108 Å². The predicted molar refractivity (Wildman–Crippen MR) is 71.3 cm³/mol. The average molecular weight is 245 g/mol. The molecule has 1 aromatic carbocycles. The van der Waals surface area contributed by atoms with Gasteiger partial charge in [-0.1, -0.05) is 12.1 Å². The molecule has 18 heavy (non-hydrogen) atoms. The molecule has 96 valence electrons. The maximum absolute atomic E-state index is 5.39. The van der Waals surface area contributed by atoms with Crippen molar-refractivity contribution in [3.8, 4) is 11.5 Å². The van der Waals surface area contributed by atoms with E-state index < -0.39 is 0 Å². The lowest BCUT2D eigenvalue weighted by Gasteiger charge is -2.08. The third-order valence-electron chi connectivity index (χ3n) is 2.80. The van der Waals surface area contributed by atoms with Crippen molar-refractivity contribution in [3.63, 3.8) is 0 Å². The molecule has 2 aromatic rings. The molecule has 4 nitrogen and oxygen atoms in total. The highest BCUT2D eigenvalue weighted by Gasteiger charge is 2.05. The van der Waals surface area contributed by atoms with Gasteiger partial charge in [0.2, 0.25) is 11.8 Å². The maximum atomic E-state index is 5.39. The SMILES string of the molecule is Cc1nnc(-c2ccc(CCCN(C)C)cc2)o1. The van der Waals surface area contributed by atoms with Crippen molar-refractivity contribution in [2.45, 2.75) is 19.8 Å². The topological polar surface area (TPSA) is 42.2 Å². The van der Waals surface area contributed by atoms with Crippen molar-refractivity contribution in [2.24, 2.45) is 0 Å². The number of rotatable bonds is 5. The van der Waals surface area contributed by atoms with Gasteiger partial charge in [-0.05, 0) is 51.2 Å². The highest BCUT2D eigenvalue weighted by molar-refractivity contribution is 5.52. The molecule has 0 amide bonds. The lowest BCUT2D eigenvalue weighted by Crippen LogP contribution is -2.13. The fourth-order valence-electron chi connectivity index (χ4n) is 1.83. The van der Waals surface area contributed by atoms with Gasteiger partial charge in [-0.3, -0.25) is 0 Å². The zero-order valence-corrected chi connectivity index (χ0v) is 11.2. The largest absolute Gasteiger partial charge is 0.421 e. The van der Waals surface area contributed by atoms with E-state index in [1.807, 2.05) is 12.1 Å². The molecular formula is C14H19N3O.